The highest BCUT2D eigenvalue weighted by atomic mass is 35.5. The molecule has 0 aliphatic carbocycles. The number of amides is 1. The first-order valence-corrected chi connectivity index (χ1v) is 10.4. The van der Waals surface area contributed by atoms with Crippen LogP contribution < -0.4 is 5.32 Å². The van der Waals surface area contributed by atoms with Crippen LogP contribution in [0.15, 0.2) is 42.7 Å². The third-order valence-electron chi connectivity index (χ3n) is 4.95. The summed E-state index contributed by atoms with van der Waals surface area (Å²) in [6, 6.07) is 9.09. The predicted octanol–water partition coefficient (Wildman–Crippen LogP) is 3.17. The van der Waals surface area contributed by atoms with Crippen LogP contribution in [-0.4, -0.2) is 48.6 Å². The molecule has 0 unspecified atom stereocenters. The molecule has 9 nitrogen and oxygen atoms in total. The number of nitrogens with one attached hydrogen (secondary N) is 1. The lowest BCUT2D eigenvalue weighted by molar-refractivity contribution is -0.146. The number of hydrogen-bond acceptors (Lipinski definition) is 6. The Kier molecular flexibility index (Phi) is 7.09. The zero-order valence-electron chi connectivity index (χ0n) is 17.7. The summed E-state index contributed by atoms with van der Waals surface area (Å²) in [5, 5.41) is 30.8. The third kappa shape index (κ3) is 5.82. The Morgan fingerprint density at radius 3 is 2.59 bits per heavy atom. The van der Waals surface area contributed by atoms with Crippen molar-refractivity contribution in [1.29, 1.82) is 0 Å². The van der Waals surface area contributed by atoms with E-state index in [1.54, 1.807) is 10.9 Å². The summed E-state index contributed by atoms with van der Waals surface area (Å²) in [5.74, 6) is -2.03. The van der Waals surface area contributed by atoms with Crippen LogP contribution in [0.2, 0.25) is 5.02 Å². The van der Waals surface area contributed by atoms with E-state index in [2.05, 4.69) is 20.6 Å². The zero-order chi connectivity index (χ0) is 23.3. The lowest BCUT2D eigenvalue weighted by Gasteiger charge is -2.19. The number of pyridine rings is 1. The Bertz CT molecular complexity index is 1110. The van der Waals surface area contributed by atoms with E-state index >= 15 is 0 Å². The highest BCUT2D eigenvalue weighted by Crippen LogP contribution is 2.23. The van der Waals surface area contributed by atoms with Crippen LogP contribution in [0.25, 0.3) is 11.3 Å². The first-order valence-electron chi connectivity index (χ1n) is 10.0. The molecule has 0 bridgehead atoms. The van der Waals surface area contributed by atoms with Gasteiger partial charge in [0, 0.05) is 29.9 Å². The minimum Gasteiger partial charge on any atom is -0.505 e. The Balaban J connectivity index is 1.60. The average molecular weight is 458 g/mol. The van der Waals surface area contributed by atoms with E-state index in [0.717, 1.165) is 12.8 Å². The Morgan fingerprint density at radius 1 is 1.22 bits per heavy atom. The van der Waals surface area contributed by atoms with E-state index in [9.17, 15) is 14.7 Å². The number of carboxylic acids is 1. The second-order valence-electron chi connectivity index (χ2n) is 8.06. The molecule has 3 rings (SSSR count). The topological polar surface area (TPSA) is 130 Å². The van der Waals surface area contributed by atoms with Crippen molar-refractivity contribution in [3.63, 3.8) is 0 Å². The summed E-state index contributed by atoms with van der Waals surface area (Å²) in [5.41, 5.74) is 0.874. The highest BCUT2D eigenvalue weighted by molar-refractivity contribution is 6.30. The monoisotopic (exact) mass is 457 g/mol. The van der Waals surface area contributed by atoms with E-state index < -0.39 is 17.3 Å². The van der Waals surface area contributed by atoms with Crippen molar-refractivity contribution < 1.29 is 19.8 Å². The molecule has 0 saturated carbocycles. The molecule has 10 heteroatoms. The summed E-state index contributed by atoms with van der Waals surface area (Å²) in [4.78, 5) is 27.5. The van der Waals surface area contributed by atoms with Gasteiger partial charge in [-0.15, -0.1) is 5.10 Å². The van der Waals surface area contributed by atoms with Gasteiger partial charge in [-0.05, 0) is 50.5 Å². The van der Waals surface area contributed by atoms with Crippen molar-refractivity contribution in [2.75, 3.05) is 6.54 Å². The molecule has 1 amide bonds. The maximum atomic E-state index is 12.3. The normalized spacial score (nSPS) is 11.3. The summed E-state index contributed by atoms with van der Waals surface area (Å²) in [6.07, 6.45) is 4.89. The molecule has 32 heavy (non-hydrogen) atoms. The van der Waals surface area contributed by atoms with Gasteiger partial charge >= 0.3 is 5.97 Å². The number of aromatic hydroxyl groups is 1. The Hall–Kier alpha value is -3.46. The zero-order valence-corrected chi connectivity index (χ0v) is 18.5. The number of hydrogen-bond donors (Lipinski definition) is 3. The summed E-state index contributed by atoms with van der Waals surface area (Å²) >= 11 is 5.90. The summed E-state index contributed by atoms with van der Waals surface area (Å²) in [7, 11) is 0. The van der Waals surface area contributed by atoms with Crippen molar-refractivity contribution in [3.8, 4) is 17.0 Å². The van der Waals surface area contributed by atoms with Crippen molar-refractivity contribution >= 4 is 23.5 Å². The van der Waals surface area contributed by atoms with Gasteiger partial charge in [0.2, 0.25) is 0 Å². The SMILES string of the molecule is CC(C)(CNC(=O)c1ncc(-c2cn(CCCc3ccc(Cl)cc3)nn2)cc1O)C(=O)O. The summed E-state index contributed by atoms with van der Waals surface area (Å²) < 4.78 is 1.71. The fourth-order valence-corrected chi connectivity index (χ4v) is 2.99. The van der Waals surface area contributed by atoms with E-state index in [-0.39, 0.29) is 18.0 Å². The molecule has 0 aliphatic rings. The van der Waals surface area contributed by atoms with Gasteiger partial charge in [0.15, 0.2) is 5.69 Å². The Labute approximate surface area is 190 Å². The van der Waals surface area contributed by atoms with Crippen LogP contribution in [0.1, 0.15) is 36.3 Å². The van der Waals surface area contributed by atoms with Gasteiger partial charge < -0.3 is 15.5 Å². The molecule has 2 heterocycles. The molecule has 0 atom stereocenters. The predicted molar refractivity (Wildman–Crippen MR) is 118 cm³/mol. The van der Waals surface area contributed by atoms with Crippen molar-refractivity contribution in [1.82, 2.24) is 25.3 Å². The van der Waals surface area contributed by atoms with Crippen molar-refractivity contribution in [2.45, 2.75) is 33.2 Å². The van der Waals surface area contributed by atoms with Crippen LogP contribution in [0.5, 0.6) is 5.75 Å². The molecule has 0 fully saturated rings. The van der Waals surface area contributed by atoms with E-state index in [1.807, 2.05) is 24.3 Å². The molecule has 0 aliphatic heterocycles. The van der Waals surface area contributed by atoms with Gasteiger partial charge in [0.25, 0.3) is 5.91 Å². The second kappa shape index (κ2) is 9.78. The van der Waals surface area contributed by atoms with Crippen molar-refractivity contribution in [3.05, 3.63) is 59.0 Å². The molecular formula is C22H24ClN5O4. The van der Waals surface area contributed by atoms with Crippen LogP contribution in [0, 0.1) is 5.41 Å². The van der Waals surface area contributed by atoms with E-state index in [4.69, 9.17) is 16.7 Å². The first kappa shape index (κ1) is 23.2. The van der Waals surface area contributed by atoms with E-state index in [1.165, 1.54) is 31.7 Å². The van der Waals surface area contributed by atoms with Crippen LogP contribution >= 0.6 is 11.6 Å². The van der Waals surface area contributed by atoms with E-state index in [0.29, 0.717) is 22.8 Å². The number of carboxylic acid groups (broad SMARTS) is 1. The number of carbonyl (C=O) groups excluding carboxylic acids is 1. The average Bonchev–Trinajstić information content (AvgIpc) is 3.22. The van der Waals surface area contributed by atoms with Gasteiger partial charge in [-0.2, -0.15) is 0 Å². The fraction of sp³-hybridized carbons (Fsp3) is 0.318. The molecule has 1 aromatic carbocycles. The molecule has 0 radical (unpaired) electrons. The minimum atomic E-state index is -1.14. The van der Waals surface area contributed by atoms with Gasteiger partial charge in [0.05, 0.1) is 11.6 Å². The number of benzene rings is 1. The Morgan fingerprint density at radius 2 is 1.94 bits per heavy atom. The molecule has 0 spiro atoms. The second-order valence-corrected chi connectivity index (χ2v) is 8.50. The molecule has 0 saturated heterocycles. The lowest BCUT2D eigenvalue weighted by atomic mass is 9.94. The molecule has 3 N–H and O–H groups in total. The summed E-state index contributed by atoms with van der Waals surface area (Å²) in [6.45, 7) is 3.54. The maximum Gasteiger partial charge on any atom is 0.310 e. The lowest BCUT2D eigenvalue weighted by Crippen LogP contribution is -2.39. The molecule has 2 aromatic heterocycles. The smallest absolute Gasteiger partial charge is 0.310 e. The number of carbonyl (C=O) groups is 2. The molecule has 168 valence electrons. The van der Waals surface area contributed by atoms with Gasteiger partial charge in [-0.1, -0.05) is 28.9 Å². The quantitative estimate of drug-likeness (QED) is 0.449. The number of aliphatic carboxylic acids is 1. The van der Waals surface area contributed by atoms with Gasteiger partial charge in [-0.3, -0.25) is 14.3 Å². The number of aryl methyl sites for hydroxylation is 2. The number of halogens is 1. The standard InChI is InChI=1S/C22H24ClN5O4/c1-22(2,21(31)32)13-25-20(30)19-18(29)10-15(11-24-19)17-12-28(27-26-17)9-3-4-14-5-7-16(23)8-6-14/h5-8,10-12,29H,3-4,9,13H2,1-2H3,(H,25,30)(H,31,32). The number of nitrogens with zero attached hydrogens (tertiary/aromatic N) is 4. The molecular weight excluding hydrogens is 434 g/mol. The fourth-order valence-electron chi connectivity index (χ4n) is 2.86. The van der Waals surface area contributed by atoms with Crippen LogP contribution in [0.3, 0.4) is 0 Å². The van der Waals surface area contributed by atoms with Gasteiger partial charge in [0.1, 0.15) is 11.4 Å². The van der Waals surface area contributed by atoms with Gasteiger partial charge in [-0.25, -0.2) is 4.98 Å². The first-order chi connectivity index (χ1) is 15.2. The number of aromatic nitrogens is 4. The maximum absolute atomic E-state index is 12.3. The van der Waals surface area contributed by atoms with Crippen molar-refractivity contribution in [2.24, 2.45) is 5.41 Å². The highest BCUT2D eigenvalue weighted by Gasteiger charge is 2.28. The number of rotatable bonds is 9. The third-order valence-corrected chi connectivity index (χ3v) is 5.20. The van der Waals surface area contributed by atoms with Crippen LogP contribution in [-0.2, 0) is 17.8 Å². The molecule has 3 aromatic rings. The largest absolute Gasteiger partial charge is 0.505 e. The minimum absolute atomic E-state index is 0.103. The van der Waals surface area contributed by atoms with Crippen LogP contribution in [0.4, 0.5) is 0 Å².